The van der Waals surface area contributed by atoms with Crippen molar-refractivity contribution in [2.75, 3.05) is 7.11 Å². The van der Waals surface area contributed by atoms with E-state index < -0.39 is 46.0 Å². The molecule has 10 heteroatoms. The van der Waals surface area contributed by atoms with Crippen molar-refractivity contribution < 1.29 is 28.5 Å². The third kappa shape index (κ3) is 3.32. The van der Waals surface area contributed by atoms with E-state index >= 15 is 0 Å². The quantitative estimate of drug-likeness (QED) is 0.351. The van der Waals surface area contributed by atoms with E-state index in [-0.39, 0.29) is 0 Å². The van der Waals surface area contributed by atoms with Gasteiger partial charge in [-0.05, 0) is 13.8 Å². The zero-order chi connectivity index (χ0) is 16.0. The fraction of sp³-hybridized carbons (Fsp3) is 0.818. The Morgan fingerprint density at radius 3 is 2.38 bits per heavy atom. The van der Waals surface area contributed by atoms with Crippen LogP contribution in [0.4, 0.5) is 4.79 Å². The number of nitrogens with one attached hydrogen (secondary N) is 1. The van der Waals surface area contributed by atoms with Gasteiger partial charge in [0, 0.05) is 7.11 Å². The van der Waals surface area contributed by atoms with E-state index in [4.69, 9.17) is 63.9 Å². The van der Waals surface area contributed by atoms with Crippen molar-refractivity contribution in [3.8, 4) is 0 Å². The number of carbonyl (C=O) groups excluding carboxylic acids is 1. The van der Waals surface area contributed by atoms with Crippen molar-refractivity contribution in [1.82, 2.24) is 0 Å². The van der Waals surface area contributed by atoms with Gasteiger partial charge in [0.1, 0.15) is 6.10 Å². The molecule has 0 spiro atoms. The molecule has 0 bridgehead atoms. The third-order valence-corrected chi connectivity index (χ3v) is 3.72. The van der Waals surface area contributed by atoms with Crippen molar-refractivity contribution in [1.29, 1.82) is 5.41 Å². The molecular weight excluding hydrogens is 348 g/mol. The third-order valence-electron chi connectivity index (χ3n) is 3.21. The smallest absolute Gasteiger partial charge is 0.444 e. The second kappa shape index (κ2) is 5.62. The first-order chi connectivity index (χ1) is 9.56. The summed E-state index contributed by atoms with van der Waals surface area (Å²) in [5, 5.41) is 7.59. The van der Waals surface area contributed by atoms with E-state index in [2.05, 4.69) is 0 Å². The van der Waals surface area contributed by atoms with E-state index in [1.165, 1.54) is 7.11 Å². The maximum absolute atomic E-state index is 11.4. The number of methoxy groups -OCH3 is 1. The lowest BCUT2D eigenvalue weighted by atomic mass is 9.89. The molecule has 0 aromatic heterocycles. The lowest BCUT2D eigenvalue weighted by Crippen LogP contribution is -2.62. The largest absolute Gasteiger partial charge is 0.509 e. The summed E-state index contributed by atoms with van der Waals surface area (Å²) in [5.41, 5.74) is -0.873. The van der Waals surface area contributed by atoms with Crippen LogP contribution in [0.15, 0.2) is 0 Å². The van der Waals surface area contributed by atoms with Crippen LogP contribution < -0.4 is 0 Å². The van der Waals surface area contributed by atoms with Crippen LogP contribution in [0.3, 0.4) is 0 Å². The highest BCUT2D eigenvalue weighted by molar-refractivity contribution is 6.76. The Kier molecular flexibility index (Phi) is 4.52. The number of carbonyl (C=O) groups is 1. The minimum absolute atomic E-state index is 0.573. The van der Waals surface area contributed by atoms with Gasteiger partial charge in [0.15, 0.2) is 6.10 Å². The number of fused-ring (bicyclic) bond motifs is 1. The lowest BCUT2D eigenvalue weighted by Gasteiger charge is -2.45. The molecule has 2 aliphatic heterocycles. The first-order valence-corrected chi connectivity index (χ1v) is 7.10. The van der Waals surface area contributed by atoms with Gasteiger partial charge in [-0.3, -0.25) is 5.41 Å². The van der Waals surface area contributed by atoms with Crippen LogP contribution >= 0.6 is 34.8 Å². The van der Waals surface area contributed by atoms with E-state index in [1.807, 2.05) is 0 Å². The van der Waals surface area contributed by atoms with Crippen LogP contribution in [-0.2, 0) is 23.7 Å². The molecule has 2 rings (SSSR count). The van der Waals surface area contributed by atoms with Crippen LogP contribution in [0.5, 0.6) is 0 Å². The van der Waals surface area contributed by atoms with Crippen molar-refractivity contribution in [3.63, 3.8) is 0 Å². The molecule has 7 nitrogen and oxygen atoms in total. The van der Waals surface area contributed by atoms with E-state index in [0.717, 1.165) is 0 Å². The maximum Gasteiger partial charge on any atom is 0.509 e. The average Bonchev–Trinajstić information content (AvgIpc) is 2.68. The molecule has 2 fully saturated rings. The fourth-order valence-corrected chi connectivity index (χ4v) is 2.48. The summed E-state index contributed by atoms with van der Waals surface area (Å²) in [6.07, 6.45) is -4.27. The molecule has 2 unspecified atom stereocenters. The Balaban J connectivity index is 2.22. The van der Waals surface area contributed by atoms with Gasteiger partial charge >= 0.3 is 6.16 Å². The molecule has 1 N–H and O–H groups in total. The highest BCUT2D eigenvalue weighted by Crippen LogP contribution is 2.39. The predicted molar refractivity (Wildman–Crippen MR) is 74.0 cm³/mol. The summed E-state index contributed by atoms with van der Waals surface area (Å²) in [7, 11) is 1.46. The number of hydrogen-bond acceptors (Lipinski definition) is 7. The topological polar surface area (TPSA) is 87.1 Å². The Morgan fingerprint density at radius 1 is 1.29 bits per heavy atom. The van der Waals surface area contributed by atoms with Gasteiger partial charge < -0.3 is 23.7 Å². The summed E-state index contributed by atoms with van der Waals surface area (Å²) in [6.45, 7) is 3.44. The molecule has 0 radical (unpaired) electrons. The van der Waals surface area contributed by atoms with Crippen molar-refractivity contribution >= 4 is 46.9 Å². The molecule has 0 amide bonds. The summed E-state index contributed by atoms with van der Waals surface area (Å²) in [5.74, 6) is -0.647. The van der Waals surface area contributed by atoms with Gasteiger partial charge in [0.05, 0.1) is 5.60 Å². The van der Waals surface area contributed by atoms with Gasteiger partial charge in [-0.1, -0.05) is 34.8 Å². The molecule has 0 aromatic rings. The summed E-state index contributed by atoms with van der Waals surface area (Å²) in [4.78, 5) is 11.4. The molecule has 0 saturated carbocycles. The minimum atomic E-state index is -2.05. The fourth-order valence-electron chi connectivity index (χ4n) is 2.35. The number of rotatable bonds is 2. The highest BCUT2D eigenvalue weighted by atomic mass is 35.6. The molecule has 2 heterocycles. The Labute approximate surface area is 136 Å². The molecule has 0 aliphatic carbocycles. The van der Waals surface area contributed by atoms with E-state index in [0.29, 0.717) is 0 Å². The van der Waals surface area contributed by atoms with Crippen LogP contribution in [0, 0.1) is 5.41 Å². The normalized spacial score (nSPS) is 34.7. The van der Waals surface area contributed by atoms with Crippen molar-refractivity contribution in [2.45, 2.75) is 47.8 Å². The number of hydrogen-bond donors (Lipinski definition) is 1. The van der Waals surface area contributed by atoms with E-state index in [9.17, 15) is 4.79 Å². The predicted octanol–water partition coefficient (Wildman–Crippen LogP) is 2.40. The number of ether oxygens (including phenoxy) is 5. The molecule has 2 saturated heterocycles. The van der Waals surface area contributed by atoms with Gasteiger partial charge in [0.25, 0.3) is 3.79 Å². The van der Waals surface area contributed by atoms with Crippen LogP contribution in [0.2, 0.25) is 0 Å². The van der Waals surface area contributed by atoms with Crippen LogP contribution in [0.25, 0.3) is 0 Å². The highest BCUT2D eigenvalue weighted by Gasteiger charge is 2.59. The van der Waals surface area contributed by atoms with Gasteiger partial charge in [0.2, 0.25) is 18.3 Å². The van der Waals surface area contributed by atoms with Crippen LogP contribution in [0.1, 0.15) is 13.8 Å². The molecule has 2 aliphatic rings. The van der Waals surface area contributed by atoms with E-state index in [1.54, 1.807) is 13.8 Å². The minimum Gasteiger partial charge on any atom is -0.444 e. The lowest BCUT2D eigenvalue weighted by molar-refractivity contribution is -0.287. The Bertz CT molecular complexity index is 452. The van der Waals surface area contributed by atoms with Gasteiger partial charge in [-0.15, -0.1) is 0 Å². The molecule has 120 valence electrons. The second-order valence-electron chi connectivity index (χ2n) is 5.11. The SMILES string of the molecule is CO[C@@H]1[C@@H]2OC(=O)OC2C(OC(=N)C(Cl)(Cl)Cl)OC1(C)C. The Morgan fingerprint density at radius 2 is 1.86 bits per heavy atom. The molecular formula is C11H14Cl3NO6. The first-order valence-electron chi connectivity index (χ1n) is 5.96. The molecule has 21 heavy (non-hydrogen) atoms. The van der Waals surface area contributed by atoms with Gasteiger partial charge in [-0.2, -0.15) is 0 Å². The zero-order valence-corrected chi connectivity index (χ0v) is 13.7. The Hall–Kier alpha value is -0.470. The van der Waals surface area contributed by atoms with Crippen LogP contribution in [-0.4, -0.2) is 53.2 Å². The summed E-state index contributed by atoms with van der Waals surface area (Å²) >= 11 is 16.7. The molecule has 0 aromatic carbocycles. The number of alkyl halides is 3. The monoisotopic (exact) mass is 361 g/mol. The number of halogens is 3. The summed E-state index contributed by atoms with van der Waals surface area (Å²) < 4.78 is 24.2. The van der Waals surface area contributed by atoms with Crippen molar-refractivity contribution in [2.24, 2.45) is 0 Å². The second-order valence-corrected chi connectivity index (χ2v) is 7.39. The van der Waals surface area contributed by atoms with Gasteiger partial charge in [-0.25, -0.2) is 4.79 Å². The van der Waals surface area contributed by atoms with Crippen molar-refractivity contribution in [3.05, 3.63) is 0 Å². The standard InChI is InChI=1S/C11H14Cl3NO6/c1-10(2)6(17-3)4-5(19-9(16)18-4)7(21-10)20-8(15)11(12,13)14/h4-7,15H,1-3H3/t4-,5?,6-,7?/m1/s1. The maximum atomic E-state index is 11.4. The molecule has 4 atom stereocenters. The first kappa shape index (κ1) is 16.9. The zero-order valence-electron chi connectivity index (χ0n) is 11.4. The summed E-state index contributed by atoms with van der Waals surface area (Å²) in [6, 6.07) is 0. The average molecular weight is 363 g/mol.